The van der Waals surface area contributed by atoms with Gasteiger partial charge in [0.1, 0.15) is 6.33 Å². The molecule has 5 aromatic rings. The lowest BCUT2D eigenvalue weighted by Crippen LogP contribution is -2.20. The number of hydrogen-bond acceptors (Lipinski definition) is 11. The van der Waals surface area contributed by atoms with Gasteiger partial charge in [-0.15, -0.1) is 15.3 Å². The first-order valence-corrected chi connectivity index (χ1v) is 10.9. The van der Waals surface area contributed by atoms with Crippen LogP contribution in [0, 0.1) is 0 Å². The molecule has 0 fully saturated rings. The Morgan fingerprint density at radius 3 is 2.85 bits per heavy atom. The van der Waals surface area contributed by atoms with E-state index in [0.717, 1.165) is 16.3 Å². The van der Waals surface area contributed by atoms with E-state index in [1.165, 1.54) is 16.4 Å². The highest BCUT2D eigenvalue weighted by Crippen LogP contribution is 2.24. The Labute approximate surface area is 196 Å². The molecule has 2 aromatic carbocycles. The van der Waals surface area contributed by atoms with Gasteiger partial charge in [0.2, 0.25) is 11.6 Å². The van der Waals surface area contributed by atoms with Crippen LogP contribution in [0.5, 0.6) is 0 Å². The number of aryl methyl sites for hydroxylation is 1. The van der Waals surface area contributed by atoms with Gasteiger partial charge in [-0.1, -0.05) is 59.4 Å². The van der Waals surface area contributed by atoms with Gasteiger partial charge in [-0.25, -0.2) is 10.1 Å². The number of amides is 1. The third kappa shape index (κ3) is 4.09. The summed E-state index contributed by atoms with van der Waals surface area (Å²) < 4.78 is 7.73. The molecule has 0 saturated carbocycles. The maximum absolute atomic E-state index is 12.9. The smallest absolute Gasteiger partial charge is 0.293 e. The van der Waals surface area contributed by atoms with Crippen molar-refractivity contribution in [3.8, 4) is 5.82 Å². The van der Waals surface area contributed by atoms with Crippen molar-refractivity contribution in [2.24, 2.45) is 12.1 Å². The van der Waals surface area contributed by atoms with Crippen LogP contribution in [-0.2, 0) is 12.8 Å². The zero-order valence-corrected chi connectivity index (χ0v) is 18.5. The van der Waals surface area contributed by atoms with Crippen molar-refractivity contribution >= 4 is 40.5 Å². The Kier molecular flexibility index (Phi) is 5.70. The number of carbonyl (C=O) groups excluding carboxylic acids is 1. The van der Waals surface area contributed by atoms with E-state index in [-0.39, 0.29) is 23.1 Å². The van der Waals surface area contributed by atoms with Gasteiger partial charge >= 0.3 is 0 Å². The molecule has 0 aliphatic carbocycles. The summed E-state index contributed by atoms with van der Waals surface area (Å²) in [6, 6.07) is 13.8. The van der Waals surface area contributed by atoms with Crippen molar-refractivity contribution in [3.63, 3.8) is 0 Å². The van der Waals surface area contributed by atoms with Gasteiger partial charge in [0.05, 0.1) is 11.9 Å². The molecule has 0 saturated heterocycles. The first kappa shape index (κ1) is 21.3. The standard InChI is InChI=1S/C20H17N11O2S/c1-30-11-23-26-20(30)34-10-15-16(24-29-31(15)18-17(21)27-33-28-18)19(32)25-22-9-13-7-4-6-12-5-2-3-8-14(12)13/h2-9,11H,10H2,1H3,(H2,21,27)(H,25,32)/b22-9-. The number of anilines is 1. The summed E-state index contributed by atoms with van der Waals surface area (Å²) in [5.41, 5.74) is 9.65. The molecule has 170 valence electrons. The fourth-order valence-electron chi connectivity index (χ4n) is 3.23. The third-order valence-electron chi connectivity index (χ3n) is 4.88. The number of benzene rings is 2. The zero-order chi connectivity index (χ0) is 23.5. The second-order valence-corrected chi connectivity index (χ2v) is 7.99. The number of fused-ring (bicyclic) bond motifs is 1. The van der Waals surface area contributed by atoms with E-state index in [4.69, 9.17) is 5.73 Å². The van der Waals surface area contributed by atoms with Crippen LogP contribution in [0.3, 0.4) is 0 Å². The maximum atomic E-state index is 12.9. The van der Waals surface area contributed by atoms with E-state index in [1.54, 1.807) is 17.1 Å². The number of hydrazone groups is 1. The highest BCUT2D eigenvalue weighted by atomic mass is 32.2. The maximum Gasteiger partial charge on any atom is 0.293 e. The van der Waals surface area contributed by atoms with Crippen LogP contribution in [0.1, 0.15) is 21.7 Å². The average Bonchev–Trinajstić information content (AvgIpc) is 3.57. The normalized spacial score (nSPS) is 11.4. The molecule has 1 amide bonds. The quantitative estimate of drug-likeness (QED) is 0.200. The summed E-state index contributed by atoms with van der Waals surface area (Å²) >= 11 is 1.33. The number of carbonyl (C=O) groups is 1. The molecule has 13 nitrogen and oxygen atoms in total. The summed E-state index contributed by atoms with van der Waals surface area (Å²) in [6.07, 6.45) is 3.16. The monoisotopic (exact) mass is 475 g/mol. The predicted molar refractivity (Wildman–Crippen MR) is 123 cm³/mol. The van der Waals surface area contributed by atoms with Gasteiger partial charge in [-0.3, -0.25) is 4.79 Å². The molecule has 3 N–H and O–H groups in total. The molecule has 0 aliphatic rings. The molecule has 0 radical (unpaired) electrons. The highest BCUT2D eigenvalue weighted by Gasteiger charge is 2.24. The van der Waals surface area contributed by atoms with Crippen LogP contribution in [0.15, 0.2) is 63.7 Å². The molecule has 34 heavy (non-hydrogen) atoms. The summed E-state index contributed by atoms with van der Waals surface area (Å²) in [5, 5.41) is 30.1. The summed E-state index contributed by atoms with van der Waals surface area (Å²) in [7, 11) is 1.81. The lowest BCUT2D eigenvalue weighted by molar-refractivity contribution is 0.0949. The number of nitrogen functional groups attached to an aromatic ring is 1. The van der Waals surface area contributed by atoms with Crippen LogP contribution in [0.2, 0.25) is 0 Å². The Balaban J connectivity index is 1.41. The molecule has 0 spiro atoms. The van der Waals surface area contributed by atoms with Crippen LogP contribution in [0.4, 0.5) is 5.82 Å². The molecular formula is C20H17N11O2S. The Hall–Kier alpha value is -4.59. The fourth-order valence-corrected chi connectivity index (χ4v) is 4.11. The second-order valence-electron chi connectivity index (χ2n) is 7.05. The largest absolute Gasteiger partial charge is 0.378 e. The van der Waals surface area contributed by atoms with Crippen LogP contribution >= 0.6 is 11.8 Å². The van der Waals surface area contributed by atoms with Crippen LogP contribution in [0.25, 0.3) is 16.6 Å². The number of nitrogens with one attached hydrogen (secondary N) is 1. The van der Waals surface area contributed by atoms with Gasteiger partial charge in [-0.05, 0) is 21.1 Å². The molecule has 0 bridgehead atoms. The van der Waals surface area contributed by atoms with Crippen molar-refractivity contribution in [2.75, 3.05) is 5.73 Å². The number of nitrogens with two attached hydrogens (primary N) is 1. The minimum atomic E-state index is -0.550. The number of nitrogens with zero attached hydrogens (tertiary/aromatic N) is 9. The Morgan fingerprint density at radius 2 is 2.06 bits per heavy atom. The van der Waals surface area contributed by atoms with E-state index in [1.807, 2.05) is 49.5 Å². The first-order valence-electron chi connectivity index (χ1n) is 9.93. The number of aromatic nitrogens is 8. The summed E-state index contributed by atoms with van der Waals surface area (Å²) in [4.78, 5) is 12.9. The predicted octanol–water partition coefficient (Wildman–Crippen LogP) is 1.57. The average molecular weight is 475 g/mol. The van der Waals surface area contributed by atoms with Gasteiger partial charge in [-0.2, -0.15) is 9.78 Å². The molecule has 3 heterocycles. The molecule has 0 atom stereocenters. The molecule has 3 aromatic heterocycles. The number of rotatable bonds is 7. The lowest BCUT2D eigenvalue weighted by Gasteiger charge is -2.05. The van der Waals surface area contributed by atoms with Crippen LogP contribution in [-0.4, -0.2) is 52.2 Å². The van der Waals surface area contributed by atoms with E-state index in [0.29, 0.717) is 10.9 Å². The van der Waals surface area contributed by atoms with E-state index < -0.39 is 5.91 Å². The number of thioether (sulfide) groups is 1. The van der Waals surface area contributed by atoms with Gasteiger partial charge < -0.3 is 10.3 Å². The fraction of sp³-hybridized carbons (Fsp3) is 0.100. The van der Waals surface area contributed by atoms with Crippen molar-refractivity contribution in [2.45, 2.75) is 10.9 Å². The van der Waals surface area contributed by atoms with Crippen LogP contribution < -0.4 is 11.2 Å². The van der Waals surface area contributed by atoms with Gasteiger partial charge in [0.15, 0.2) is 10.9 Å². The van der Waals surface area contributed by atoms with Gasteiger partial charge in [0, 0.05) is 18.4 Å². The van der Waals surface area contributed by atoms with Crippen molar-refractivity contribution in [1.82, 2.24) is 45.5 Å². The minimum absolute atomic E-state index is 0.00995. The molecule has 0 aliphatic heterocycles. The Morgan fingerprint density at radius 1 is 1.21 bits per heavy atom. The third-order valence-corrected chi connectivity index (χ3v) is 5.92. The Bertz CT molecular complexity index is 1500. The summed E-state index contributed by atoms with van der Waals surface area (Å²) in [6.45, 7) is 0. The lowest BCUT2D eigenvalue weighted by atomic mass is 10.1. The van der Waals surface area contributed by atoms with Crippen molar-refractivity contribution in [3.05, 3.63) is 65.7 Å². The molecule has 14 heteroatoms. The SMILES string of the molecule is Cn1cnnc1SCc1c(C(=O)N/N=C\c2cccc3ccccc23)nnn1-c1nonc1N. The van der Waals surface area contributed by atoms with Crippen molar-refractivity contribution < 1.29 is 9.42 Å². The topological polar surface area (TPSA) is 168 Å². The van der Waals surface area contributed by atoms with E-state index >= 15 is 0 Å². The van der Waals surface area contributed by atoms with E-state index in [9.17, 15) is 4.79 Å². The van der Waals surface area contributed by atoms with Crippen molar-refractivity contribution in [1.29, 1.82) is 0 Å². The van der Waals surface area contributed by atoms with E-state index in [2.05, 4.69) is 46.0 Å². The zero-order valence-electron chi connectivity index (χ0n) is 17.7. The summed E-state index contributed by atoms with van der Waals surface area (Å²) in [5.74, 6) is -0.150. The first-order chi connectivity index (χ1) is 16.6. The molecular weight excluding hydrogens is 458 g/mol. The second kappa shape index (κ2) is 9.11. The van der Waals surface area contributed by atoms with Gasteiger partial charge in [0.25, 0.3) is 5.91 Å². The highest BCUT2D eigenvalue weighted by molar-refractivity contribution is 7.98. The minimum Gasteiger partial charge on any atom is -0.378 e. The number of hydrogen-bond donors (Lipinski definition) is 2. The molecule has 0 unspecified atom stereocenters. The molecule has 5 rings (SSSR count).